The molecule has 5 nitrogen and oxygen atoms in total. The van der Waals surface area contributed by atoms with Gasteiger partial charge in [0.1, 0.15) is 0 Å². The van der Waals surface area contributed by atoms with E-state index in [9.17, 15) is 9.59 Å². The molecule has 0 rings (SSSR count). The molecule has 0 bridgehead atoms. The average molecular weight is 272 g/mol. The van der Waals surface area contributed by atoms with E-state index < -0.39 is 5.97 Å². The van der Waals surface area contributed by atoms with Crippen LogP contribution in [0.5, 0.6) is 0 Å². The van der Waals surface area contributed by atoms with Gasteiger partial charge in [0.25, 0.3) is 0 Å². The van der Waals surface area contributed by atoms with Gasteiger partial charge in [0.2, 0.25) is 0 Å². The first-order valence-corrected chi connectivity index (χ1v) is 7.28. The van der Waals surface area contributed by atoms with Crippen LogP contribution >= 0.6 is 0 Å². The van der Waals surface area contributed by atoms with Crippen molar-refractivity contribution in [2.75, 3.05) is 0 Å². The second-order valence-corrected chi connectivity index (χ2v) is 5.08. The number of hydrogen-bond acceptors (Lipinski definition) is 2. The average Bonchev–Trinajstić information content (AvgIpc) is 2.33. The maximum absolute atomic E-state index is 11.8. The number of rotatable bonds is 10. The lowest BCUT2D eigenvalue weighted by Crippen LogP contribution is -2.45. The van der Waals surface area contributed by atoms with E-state index in [-0.39, 0.29) is 24.5 Å². The number of nitrogens with one attached hydrogen (secondary N) is 2. The van der Waals surface area contributed by atoms with Crippen LogP contribution in [0, 0.1) is 0 Å². The predicted molar refractivity (Wildman–Crippen MR) is 76.2 cm³/mol. The molecule has 0 heterocycles. The standard InChI is InChI=1S/C14H28N2O3/c1-4-6-8-12(7-5-2)16-14(19)15-11(3)9-10-13(17)18/h11-12H,4-10H2,1-3H3,(H,17,18)(H2,15,16,19). The lowest BCUT2D eigenvalue weighted by molar-refractivity contribution is -0.137. The molecule has 0 spiro atoms. The van der Waals surface area contributed by atoms with Crippen LogP contribution < -0.4 is 10.6 Å². The van der Waals surface area contributed by atoms with Crippen molar-refractivity contribution in [1.82, 2.24) is 10.6 Å². The molecule has 0 aliphatic rings. The van der Waals surface area contributed by atoms with Gasteiger partial charge in [0, 0.05) is 18.5 Å². The molecule has 5 heteroatoms. The van der Waals surface area contributed by atoms with E-state index in [0.717, 1.165) is 32.1 Å². The lowest BCUT2D eigenvalue weighted by atomic mass is 10.1. The van der Waals surface area contributed by atoms with Crippen LogP contribution in [-0.4, -0.2) is 29.2 Å². The van der Waals surface area contributed by atoms with Gasteiger partial charge in [-0.05, 0) is 26.2 Å². The van der Waals surface area contributed by atoms with Gasteiger partial charge in [0.15, 0.2) is 0 Å². The summed E-state index contributed by atoms with van der Waals surface area (Å²) in [5.41, 5.74) is 0. The largest absolute Gasteiger partial charge is 0.481 e. The third-order valence-corrected chi connectivity index (χ3v) is 3.05. The molecule has 2 unspecified atom stereocenters. The first kappa shape index (κ1) is 17.7. The Morgan fingerprint density at radius 1 is 1.05 bits per heavy atom. The maximum Gasteiger partial charge on any atom is 0.315 e. The van der Waals surface area contributed by atoms with Gasteiger partial charge in [0.05, 0.1) is 0 Å². The highest BCUT2D eigenvalue weighted by Gasteiger charge is 2.13. The molecular formula is C14H28N2O3. The fraction of sp³-hybridized carbons (Fsp3) is 0.857. The Morgan fingerprint density at radius 2 is 1.74 bits per heavy atom. The quantitative estimate of drug-likeness (QED) is 0.572. The number of aliphatic carboxylic acids is 1. The van der Waals surface area contributed by atoms with E-state index in [1.807, 2.05) is 6.92 Å². The second kappa shape index (κ2) is 10.6. The van der Waals surface area contributed by atoms with Crippen LogP contribution in [0.2, 0.25) is 0 Å². The number of hydrogen-bond donors (Lipinski definition) is 3. The molecule has 0 aliphatic carbocycles. The topological polar surface area (TPSA) is 78.4 Å². The van der Waals surface area contributed by atoms with Gasteiger partial charge in [-0.25, -0.2) is 4.79 Å². The zero-order chi connectivity index (χ0) is 14.7. The van der Waals surface area contributed by atoms with Crippen molar-refractivity contribution in [3.63, 3.8) is 0 Å². The Balaban J connectivity index is 3.99. The molecule has 2 amide bonds. The summed E-state index contributed by atoms with van der Waals surface area (Å²) in [6.45, 7) is 6.06. The Morgan fingerprint density at radius 3 is 2.26 bits per heavy atom. The van der Waals surface area contributed by atoms with Crippen molar-refractivity contribution in [3.8, 4) is 0 Å². The summed E-state index contributed by atoms with van der Waals surface area (Å²) >= 11 is 0. The first-order valence-electron chi connectivity index (χ1n) is 7.28. The highest BCUT2D eigenvalue weighted by molar-refractivity contribution is 5.74. The number of carbonyl (C=O) groups is 2. The Bertz CT molecular complexity index is 269. The van der Waals surface area contributed by atoms with Crippen LogP contribution in [0.3, 0.4) is 0 Å². The van der Waals surface area contributed by atoms with Crippen molar-refractivity contribution < 1.29 is 14.7 Å². The summed E-state index contributed by atoms with van der Waals surface area (Å²) < 4.78 is 0. The number of carbonyl (C=O) groups excluding carboxylic acids is 1. The lowest BCUT2D eigenvalue weighted by Gasteiger charge is -2.20. The van der Waals surface area contributed by atoms with Gasteiger partial charge in [-0.2, -0.15) is 0 Å². The van der Waals surface area contributed by atoms with Crippen molar-refractivity contribution in [2.45, 2.75) is 77.8 Å². The first-order chi connectivity index (χ1) is 8.99. The van der Waals surface area contributed by atoms with E-state index in [2.05, 4.69) is 24.5 Å². The van der Waals surface area contributed by atoms with E-state index in [0.29, 0.717) is 6.42 Å². The van der Waals surface area contributed by atoms with Gasteiger partial charge in [-0.1, -0.05) is 33.1 Å². The molecule has 0 saturated carbocycles. The molecule has 0 aromatic rings. The third kappa shape index (κ3) is 10.4. The van der Waals surface area contributed by atoms with Crippen molar-refractivity contribution in [2.24, 2.45) is 0 Å². The second-order valence-electron chi connectivity index (χ2n) is 5.08. The molecule has 0 aliphatic heterocycles. The van der Waals surface area contributed by atoms with Crippen molar-refractivity contribution in [1.29, 1.82) is 0 Å². The monoisotopic (exact) mass is 272 g/mol. The van der Waals surface area contributed by atoms with Crippen molar-refractivity contribution >= 4 is 12.0 Å². The number of urea groups is 1. The number of carboxylic acid groups (broad SMARTS) is 1. The molecule has 0 radical (unpaired) electrons. The van der Waals surface area contributed by atoms with Gasteiger partial charge < -0.3 is 15.7 Å². The predicted octanol–water partition coefficient (Wildman–Crippen LogP) is 2.90. The van der Waals surface area contributed by atoms with E-state index in [1.54, 1.807) is 0 Å². The van der Waals surface area contributed by atoms with E-state index in [4.69, 9.17) is 5.11 Å². The third-order valence-electron chi connectivity index (χ3n) is 3.05. The summed E-state index contributed by atoms with van der Waals surface area (Å²) in [5.74, 6) is -0.833. The Hall–Kier alpha value is -1.26. The van der Waals surface area contributed by atoms with Crippen LogP contribution in [0.15, 0.2) is 0 Å². The summed E-state index contributed by atoms with van der Waals surface area (Å²) in [4.78, 5) is 22.2. The SMILES string of the molecule is CCCCC(CCC)NC(=O)NC(C)CCC(=O)O. The minimum atomic E-state index is -0.833. The zero-order valence-electron chi connectivity index (χ0n) is 12.4. The van der Waals surface area contributed by atoms with Crippen LogP contribution in [-0.2, 0) is 4.79 Å². The Kier molecular flexibility index (Phi) is 9.94. The molecular weight excluding hydrogens is 244 g/mol. The molecule has 0 aromatic heterocycles. The molecule has 0 saturated heterocycles. The molecule has 0 aromatic carbocycles. The Labute approximate surface area is 116 Å². The van der Waals surface area contributed by atoms with Crippen LogP contribution in [0.1, 0.15) is 65.7 Å². The fourth-order valence-electron chi connectivity index (χ4n) is 1.95. The van der Waals surface area contributed by atoms with E-state index >= 15 is 0 Å². The number of unbranched alkanes of at least 4 members (excludes halogenated alkanes) is 1. The van der Waals surface area contributed by atoms with Gasteiger partial charge in [-0.3, -0.25) is 4.79 Å². The zero-order valence-corrected chi connectivity index (χ0v) is 12.4. The van der Waals surface area contributed by atoms with Gasteiger partial charge in [-0.15, -0.1) is 0 Å². The normalized spacial score (nSPS) is 13.6. The fourth-order valence-corrected chi connectivity index (χ4v) is 1.95. The molecule has 19 heavy (non-hydrogen) atoms. The highest BCUT2D eigenvalue weighted by Crippen LogP contribution is 2.06. The van der Waals surface area contributed by atoms with E-state index in [1.165, 1.54) is 0 Å². The minimum Gasteiger partial charge on any atom is -0.481 e. The van der Waals surface area contributed by atoms with Crippen LogP contribution in [0.4, 0.5) is 4.79 Å². The molecule has 0 fully saturated rings. The summed E-state index contributed by atoms with van der Waals surface area (Å²) in [6.07, 6.45) is 5.80. The maximum atomic E-state index is 11.8. The molecule has 2 atom stereocenters. The summed E-state index contributed by atoms with van der Waals surface area (Å²) in [5, 5.41) is 14.3. The minimum absolute atomic E-state index is 0.0790. The summed E-state index contributed by atoms with van der Waals surface area (Å²) in [7, 11) is 0. The van der Waals surface area contributed by atoms with Gasteiger partial charge >= 0.3 is 12.0 Å². The molecule has 112 valence electrons. The van der Waals surface area contributed by atoms with Crippen molar-refractivity contribution in [3.05, 3.63) is 0 Å². The number of amides is 2. The highest BCUT2D eigenvalue weighted by atomic mass is 16.4. The van der Waals surface area contributed by atoms with Crippen LogP contribution in [0.25, 0.3) is 0 Å². The number of carboxylic acids is 1. The molecule has 3 N–H and O–H groups in total. The smallest absolute Gasteiger partial charge is 0.315 e. The summed E-state index contributed by atoms with van der Waals surface area (Å²) in [6, 6.07) is -0.0892.